The predicted octanol–water partition coefficient (Wildman–Crippen LogP) is 12.1. The second kappa shape index (κ2) is 25.0. The molecule has 1 N–H and O–H groups in total. The molecule has 0 aromatic carbocycles. The fourth-order valence-electron chi connectivity index (χ4n) is 6.64. The second-order valence-electron chi connectivity index (χ2n) is 12.3. The number of hydrogen-bond acceptors (Lipinski definition) is 1. The maximum Gasteiger partial charge on any atom is 0.303 e. The van der Waals surface area contributed by atoms with Gasteiger partial charge in [0.1, 0.15) is 0 Å². The van der Waals surface area contributed by atoms with E-state index in [2.05, 4.69) is 45.1 Å². The van der Waals surface area contributed by atoms with E-state index in [-0.39, 0.29) is 0 Å². The lowest BCUT2D eigenvalue weighted by Crippen LogP contribution is -2.31. The molecule has 0 radical (unpaired) electrons. The zero-order chi connectivity index (χ0) is 27.7. The lowest BCUT2D eigenvalue weighted by molar-refractivity contribution is -0.137. The number of carboxylic acids is 1. The molecule has 1 rings (SSSR count). The van der Waals surface area contributed by atoms with Crippen LogP contribution in [-0.2, 0) is 4.79 Å². The molecule has 1 aliphatic rings. The third-order valence-corrected chi connectivity index (χ3v) is 9.01. The molecule has 2 heteroatoms. The molecule has 0 saturated heterocycles. The van der Waals surface area contributed by atoms with Crippen molar-refractivity contribution in [2.75, 3.05) is 0 Å². The molecule has 0 bridgehead atoms. The minimum absolute atomic E-state index is 0.332. The van der Waals surface area contributed by atoms with E-state index in [1.165, 1.54) is 135 Å². The van der Waals surface area contributed by atoms with E-state index < -0.39 is 5.97 Å². The van der Waals surface area contributed by atoms with Crippen LogP contribution in [0.15, 0.2) is 24.3 Å². The first-order valence-electron chi connectivity index (χ1n) is 17.2. The Bertz CT molecular complexity index is 592. The van der Waals surface area contributed by atoms with Crippen LogP contribution in [0, 0.1) is 23.7 Å². The van der Waals surface area contributed by atoms with Crippen molar-refractivity contribution >= 4 is 5.97 Å². The molecular formula is C36H66O2. The summed E-state index contributed by atoms with van der Waals surface area (Å²) in [6.45, 7) is 6.93. The summed E-state index contributed by atoms with van der Waals surface area (Å²) in [6.07, 6.45) is 40.9. The zero-order valence-electron chi connectivity index (χ0n) is 25.9. The molecule has 222 valence electrons. The van der Waals surface area contributed by atoms with Crippen molar-refractivity contribution in [1.29, 1.82) is 0 Å². The number of carbonyl (C=O) groups is 1. The Labute approximate surface area is 238 Å². The van der Waals surface area contributed by atoms with Gasteiger partial charge in [-0.3, -0.25) is 4.79 Å². The second-order valence-corrected chi connectivity index (χ2v) is 12.3. The van der Waals surface area contributed by atoms with Crippen molar-refractivity contribution < 1.29 is 9.90 Å². The summed E-state index contributed by atoms with van der Waals surface area (Å²) in [6, 6.07) is 0. The van der Waals surface area contributed by atoms with Crippen LogP contribution in [0.2, 0.25) is 0 Å². The highest BCUT2D eigenvalue weighted by molar-refractivity contribution is 5.66. The Balaban J connectivity index is 2.78. The normalized spacial score (nSPS) is 21.4. The van der Waals surface area contributed by atoms with E-state index in [4.69, 9.17) is 5.11 Å². The van der Waals surface area contributed by atoms with Crippen molar-refractivity contribution in [2.45, 2.75) is 175 Å². The van der Waals surface area contributed by atoms with E-state index in [1.807, 2.05) is 0 Å². The Morgan fingerprint density at radius 1 is 0.579 bits per heavy atom. The summed E-state index contributed by atoms with van der Waals surface area (Å²) in [5.41, 5.74) is 0. The Morgan fingerprint density at radius 3 is 1.66 bits per heavy atom. The number of rotatable bonds is 26. The summed E-state index contributed by atoms with van der Waals surface area (Å²) in [4.78, 5) is 10.8. The number of hydrogen-bond donors (Lipinski definition) is 1. The standard InChI is InChI=1S/C36H66O2/c1-4-7-10-13-17-22-27-34-32(25-20-12-9-6-3)30-31-33(26-21-16-15-19-24-29-36(37)38)35(34)28-23-18-14-11-8-5-2/h17,22,30-35H,4-16,18-21,23-29H2,1-3H3,(H,37,38). The lowest BCUT2D eigenvalue weighted by atomic mass is 9.65. The molecule has 4 atom stereocenters. The molecule has 38 heavy (non-hydrogen) atoms. The minimum atomic E-state index is -0.649. The van der Waals surface area contributed by atoms with Gasteiger partial charge >= 0.3 is 5.97 Å². The van der Waals surface area contributed by atoms with Crippen LogP contribution in [-0.4, -0.2) is 11.1 Å². The quantitative estimate of drug-likeness (QED) is 0.0891. The van der Waals surface area contributed by atoms with Crippen LogP contribution in [0.4, 0.5) is 0 Å². The first kappa shape index (κ1) is 35.0. The third-order valence-electron chi connectivity index (χ3n) is 9.01. The highest BCUT2D eigenvalue weighted by atomic mass is 16.4. The largest absolute Gasteiger partial charge is 0.481 e. The van der Waals surface area contributed by atoms with Crippen LogP contribution in [0.25, 0.3) is 0 Å². The Morgan fingerprint density at radius 2 is 1.05 bits per heavy atom. The monoisotopic (exact) mass is 531 g/mol. The van der Waals surface area contributed by atoms with E-state index in [0.29, 0.717) is 6.42 Å². The average molecular weight is 531 g/mol. The molecule has 0 heterocycles. The van der Waals surface area contributed by atoms with E-state index >= 15 is 0 Å². The van der Waals surface area contributed by atoms with Gasteiger partial charge in [-0.15, -0.1) is 0 Å². The maximum atomic E-state index is 10.8. The first-order chi connectivity index (χ1) is 18.6. The molecule has 4 unspecified atom stereocenters. The molecule has 0 amide bonds. The Hall–Kier alpha value is -1.05. The van der Waals surface area contributed by atoms with Gasteiger partial charge in [0.25, 0.3) is 0 Å². The van der Waals surface area contributed by atoms with Gasteiger partial charge in [0, 0.05) is 6.42 Å². The highest BCUT2D eigenvalue weighted by Gasteiger charge is 2.34. The fraction of sp³-hybridized carbons (Fsp3) is 0.861. The van der Waals surface area contributed by atoms with Gasteiger partial charge in [-0.05, 0) is 68.6 Å². The third kappa shape index (κ3) is 17.5. The van der Waals surface area contributed by atoms with Gasteiger partial charge < -0.3 is 5.11 Å². The average Bonchev–Trinajstić information content (AvgIpc) is 2.91. The van der Waals surface area contributed by atoms with Crippen LogP contribution >= 0.6 is 0 Å². The molecule has 2 nitrogen and oxygen atoms in total. The molecule has 0 fully saturated rings. The molecule has 0 saturated carbocycles. The topological polar surface area (TPSA) is 37.3 Å². The summed E-state index contributed by atoms with van der Waals surface area (Å²) in [7, 11) is 0. The summed E-state index contributed by atoms with van der Waals surface area (Å²) < 4.78 is 0. The first-order valence-corrected chi connectivity index (χ1v) is 17.2. The van der Waals surface area contributed by atoms with Crippen LogP contribution < -0.4 is 0 Å². The summed E-state index contributed by atoms with van der Waals surface area (Å²) in [5, 5.41) is 8.88. The van der Waals surface area contributed by atoms with Gasteiger partial charge in [0.05, 0.1) is 0 Å². The zero-order valence-corrected chi connectivity index (χ0v) is 25.9. The number of unbranched alkanes of at least 4 members (excludes halogenated alkanes) is 15. The van der Waals surface area contributed by atoms with E-state index in [1.54, 1.807) is 0 Å². The molecule has 0 aromatic rings. The molecule has 0 spiro atoms. The van der Waals surface area contributed by atoms with Crippen LogP contribution in [0.5, 0.6) is 0 Å². The maximum absolute atomic E-state index is 10.8. The van der Waals surface area contributed by atoms with Crippen LogP contribution in [0.1, 0.15) is 175 Å². The predicted molar refractivity (Wildman–Crippen MR) is 168 cm³/mol. The van der Waals surface area contributed by atoms with Crippen molar-refractivity contribution in [3.8, 4) is 0 Å². The van der Waals surface area contributed by atoms with Crippen LogP contribution in [0.3, 0.4) is 0 Å². The van der Waals surface area contributed by atoms with E-state index in [0.717, 1.165) is 36.5 Å². The Kier molecular flexibility index (Phi) is 23.0. The summed E-state index contributed by atoms with van der Waals surface area (Å²) >= 11 is 0. The van der Waals surface area contributed by atoms with Gasteiger partial charge in [0.15, 0.2) is 0 Å². The summed E-state index contributed by atoms with van der Waals surface area (Å²) in [5.74, 6) is 2.53. The van der Waals surface area contributed by atoms with Gasteiger partial charge in [0.2, 0.25) is 0 Å². The molecular weight excluding hydrogens is 464 g/mol. The van der Waals surface area contributed by atoms with Crippen molar-refractivity contribution in [3.63, 3.8) is 0 Å². The van der Waals surface area contributed by atoms with Gasteiger partial charge in [-0.25, -0.2) is 0 Å². The van der Waals surface area contributed by atoms with Crippen molar-refractivity contribution in [3.05, 3.63) is 24.3 Å². The lowest BCUT2D eigenvalue weighted by Gasteiger charge is -2.40. The molecule has 0 aliphatic heterocycles. The van der Waals surface area contributed by atoms with Gasteiger partial charge in [-0.1, -0.05) is 148 Å². The molecule has 0 aromatic heterocycles. The van der Waals surface area contributed by atoms with Crippen molar-refractivity contribution in [1.82, 2.24) is 0 Å². The SMILES string of the molecule is CCCCCC=CCC1C(CCCCCC)C=CC(CCCCCCCC(=O)O)C1CCCCCCCC. The number of aliphatic carboxylic acids is 1. The van der Waals surface area contributed by atoms with Gasteiger partial charge in [-0.2, -0.15) is 0 Å². The fourth-order valence-corrected chi connectivity index (χ4v) is 6.64. The number of allylic oxidation sites excluding steroid dienone is 4. The molecule has 1 aliphatic carbocycles. The smallest absolute Gasteiger partial charge is 0.303 e. The minimum Gasteiger partial charge on any atom is -0.481 e. The number of carboxylic acid groups (broad SMARTS) is 1. The van der Waals surface area contributed by atoms with E-state index in [9.17, 15) is 4.79 Å². The highest BCUT2D eigenvalue weighted by Crippen LogP contribution is 2.44. The van der Waals surface area contributed by atoms with Crippen molar-refractivity contribution in [2.24, 2.45) is 23.7 Å².